The van der Waals surface area contributed by atoms with Crippen LogP contribution in [0.1, 0.15) is 25.0 Å². The van der Waals surface area contributed by atoms with Gasteiger partial charge in [0.05, 0.1) is 0 Å². The Bertz CT molecular complexity index is 3110. The third-order valence-electron chi connectivity index (χ3n) is 12.2. The largest absolute Gasteiger partial charge is 0.0616 e. The zero-order valence-electron chi connectivity index (χ0n) is 31.0. The molecule has 0 spiro atoms. The van der Waals surface area contributed by atoms with E-state index in [2.05, 4.69) is 208 Å². The van der Waals surface area contributed by atoms with Crippen LogP contribution in [0.3, 0.4) is 0 Å². The minimum Gasteiger partial charge on any atom is -0.0616 e. The molecule has 0 N–H and O–H groups in total. The maximum Gasteiger partial charge on any atom is 0.0165 e. The molecule has 0 saturated carbocycles. The molecule has 0 unspecified atom stereocenters. The van der Waals surface area contributed by atoms with Crippen molar-refractivity contribution in [3.63, 3.8) is 0 Å². The molecule has 0 radical (unpaired) electrons. The van der Waals surface area contributed by atoms with Crippen LogP contribution in [-0.2, 0) is 5.41 Å². The molecule has 0 aliphatic heterocycles. The van der Waals surface area contributed by atoms with E-state index in [1.54, 1.807) is 0 Å². The standard InChI is InChI=1S/C55H38/c1-55(2)51-31-29-38(34-50(51)49-30-28-36-15-4-6-22-44(36)54(49)55)37-17-11-19-40(32-37)52-45-23-7-9-25-47(45)53(48-26-10-8-24-46(48)52)41-20-12-18-39(33-41)43-27-13-16-35-14-3-5-21-42(35)43/h3-34H,1-2H3. The molecule has 0 heterocycles. The van der Waals surface area contributed by atoms with E-state index in [0.29, 0.717) is 0 Å². The molecular formula is C55H38. The first-order chi connectivity index (χ1) is 27.0. The van der Waals surface area contributed by atoms with Crippen LogP contribution >= 0.6 is 0 Å². The second kappa shape index (κ2) is 12.1. The van der Waals surface area contributed by atoms with E-state index in [0.717, 1.165) is 0 Å². The summed E-state index contributed by atoms with van der Waals surface area (Å²) < 4.78 is 0. The second-order valence-electron chi connectivity index (χ2n) is 15.6. The molecule has 1 aliphatic carbocycles. The molecule has 1 aliphatic rings. The Kier molecular flexibility index (Phi) is 7.00. The van der Waals surface area contributed by atoms with Crippen molar-refractivity contribution >= 4 is 43.1 Å². The highest BCUT2D eigenvalue weighted by Crippen LogP contribution is 2.52. The van der Waals surface area contributed by atoms with Gasteiger partial charge in [0.15, 0.2) is 0 Å². The molecule has 0 amide bonds. The zero-order valence-corrected chi connectivity index (χ0v) is 31.0. The molecule has 0 nitrogen and oxygen atoms in total. The smallest absolute Gasteiger partial charge is 0.0165 e. The summed E-state index contributed by atoms with van der Waals surface area (Å²) in [6.07, 6.45) is 0. The molecule has 55 heavy (non-hydrogen) atoms. The summed E-state index contributed by atoms with van der Waals surface area (Å²) in [6, 6.07) is 72.1. The molecule has 10 aromatic carbocycles. The molecule has 10 aromatic rings. The van der Waals surface area contributed by atoms with Crippen molar-refractivity contribution in [3.8, 4) is 55.6 Å². The third-order valence-corrected chi connectivity index (χ3v) is 12.2. The van der Waals surface area contributed by atoms with Crippen LogP contribution in [0.2, 0.25) is 0 Å². The topological polar surface area (TPSA) is 0 Å². The summed E-state index contributed by atoms with van der Waals surface area (Å²) in [5.41, 5.74) is 15.4. The van der Waals surface area contributed by atoms with Gasteiger partial charge in [0.2, 0.25) is 0 Å². The van der Waals surface area contributed by atoms with E-state index < -0.39 is 0 Å². The highest BCUT2D eigenvalue weighted by molar-refractivity contribution is 6.21. The predicted octanol–water partition coefficient (Wildman–Crippen LogP) is 15.3. The Hall–Kier alpha value is -6.76. The summed E-state index contributed by atoms with van der Waals surface area (Å²) in [6.45, 7) is 4.76. The molecule has 0 saturated heterocycles. The van der Waals surface area contributed by atoms with Gasteiger partial charge in [-0.15, -0.1) is 0 Å². The lowest BCUT2D eigenvalue weighted by Crippen LogP contribution is -2.15. The molecule has 0 aromatic heterocycles. The van der Waals surface area contributed by atoms with Crippen LogP contribution in [0.15, 0.2) is 194 Å². The third kappa shape index (κ3) is 4.85. The van der Waals surface area contributed by atoms with Crippen molar-refractivity contribution in [1.82, 2.24) is 0 Å². The number of fused-ring (bicyclic) bond motifs is 8. The van der Waals surface area contributed by atoms with Gasteiger partial charge < -0.3 is 0 Å². The van der Waals surface area contributed by atoms with Gasteiger partial charge in [0.25, 0.3) is 0 Å². The lowest BCUT2D eigenvalue weighted by atomic mass is 9.80. The summed E-state index contributed by atoms with van der Waals surface area (Å²) in [7, 11) is 0. The number of rotatable bonds is 4. The maximum absolute atomic E-state index is 2.43. The van der Waals surface area contributed by atoms with E-state index >= 15 is 0 Å². The maximum atomic E-state index is 2.43. The highest BCUT2D eigenvalue weighted by Gasteiger charge is 2.37. The fourth-order valence-electron chi connectivity index (χ4n) is 9.72. The number of hydrogen-bond donors (Lipinski definition) is 0. The quantitative estimate of drug-likeness (QED) is 0.161. The Balaban J connectivity index is 1.08. The number of hydrogen-bond acceptors (Lipinski definition) is 0. The molecule has 0 bridgehead atoms. The van der Waals surface area contributed by atoms with Gasteiger partial charge in [-0.1, -0.05) is 190 Å². The Morgan fingerprint density at radius 2 is 0.764 bits per heavy atom. The lowest BCUT2D eigenvalue weighted by molar-refractivity contribution is 0.666. The van der Waals surface area contributed by atoms with Crippen LogP contribution in [-0.4, -0.2) is 0 Å². The van der Waals surface area contributed by atoms with Crippen molar-refractivity contribution in [2.45, 2.75) is 19.3 Å². The van der Waals surface area contributed by atoms with E-state index in [1.807, 2.05) is 0 Å². The summed E-state index contributed by atoms with van der Waals surface area (Å²) in [5.74, 6) is 0. The van der Waals surface area contributed by atoms with Crippen LogP contribution in [0.25, 0.3) is 98.7 Å². The first-order valence-electron chi connectivity index (χ1n) is 19.3. The SMILES string of the molecule is CC1(C)c2ccc(-c3cccc(-c4c5ccccc5c(-c5cccc(-c6cccc7ccccc67)c5)c5ccccc45)c3)cc2-c2ccc3ccccc3c21. The Morgan fingerprint density at radius 1 is 0.291 bits per heavy atom. The van der Waals surface area contributed by atoms with Gasteiger partial charge in [-0.05, 0) is 128 Å². The lowest BCUT2D eigenvalue weighted by Gasteiger charge is -2.23. The van der Waals surface area contributed by atoms with E-state index in [9.17, 15) is 0 Å². The summed E-state index contributed by atoms with van der Waals surface area (Å²) >= 11 is 0. The highest BCUT2D eigenvalue weighted by atomic mass is 14.4. The van der Waals surface area contributed by atoms with Gasteiger partial charge >= 0.3 is 0 Å². The van der Waals surface area contributed by atoms with Gasteiger partial charge in [-0.25, -0.2) is 0 Å². The molecule has 0 fully saturated rings. The fourth-order valence-corrected chi connectivity index (χ4v) is 9.72. The fraction of sp³-hybridized carbons (Fsp3) is 0.0545. The van der Waals surface area contributed by atoms with E-state index in [4.69, 9.17) is 0 Å². The first kappa shape index (κ1) is 31.7. The average Bonchev–Trinajstić information content (AvgIpc) is 3.48. The molecule has 0 heteroatoms. The van der Waals surface area contributed by atoms with Gasteiger partial charge in [0.1, 0.15) is 0 Å². The normalized spacial score (nSPS) is 13.1. The first-order valence-corrected chi connectivity index (χ1v) is 19.3. The number of benzene rings is 10. The molecule has 11 rings (SSSR count). The van der Waals surface area contributed by atoms with Crippen molar-refractivity contribution in [3.05, 3.63) is 205 Å². The van der Waals surface area contributed by atoms with Crippen molar-refractivity contribution in [2.75, 3.05) is 0 Å². The van der Waals surface area contributed by atoms with Crippen molar-refractivity contribution in [1.29, 1.82) is 0 Å². The minimum absolute atomic E-state index is 0.0696. The molecular weight excluding hydrogens is 661 g/mol. The second-order valence-corrected chi connectivity index (χ2v) is 15.6. The summed E-state index contributed by atoms with van der Waals surface area (Å²) in [4.78, 5) is 0. The molecule has 0 atom stereocenters. The van der Waals surface area contributed by atoms with Crippen molar-refractivity contribution < 1.29 is 0 Å². The minimum atomic E-state index is -0.0696. The predicted molar refractivity (Wildman–Crippen MR) is 236 cm³/mol. The summed E-state index contributed by atoms with van der Waals surface area (Å²) in [5, 5.41) is 10.2. The Morgan fingerprint density at radius 3 is 1.42 bits per heavy atom. The van der Waals surface area contributed by atoms with Crippen molar-refractivity contribution in [2.24, 2.45) is 0 Å². The Labute approximate surface area is 322 Å². The van der Waals surface area contributed by atoms with Gasteiger partial charge in [-0.2, -0.15) is 0 Å². The van der Waals surface area contributed by atoms with Gasteiger partial charge in [-0.3, -0.25) is 0 Å². The monoisotopic (exact) mass is 698 g/mol. The van der Waals surface area contributed by atoms with Crippen LogP contribution < -0.4 is 0 Å². The van der Waals surface area contributed by atoms with Crippen LogP contribution in [0.4, 0.5) is 0 Å². The van der Waals surface area contributed by atoms with E-state index in [1.165, 1.54) is 110 Å². The van der Waals surface area contributed by atoms with Crippen LogP contribution in [0.5, 0.6) is 0 Å². The van der Waals surface area contributed by atoms with Crippen LogP contribution in [0, 0.1) is 0 Å². The average molecular weight is 699 g/mol. The zero-order chi connectivity index (χ0) is 36.7. The van der Waals surface area contributed by atoms with E-state index in [-0.39, 0.29) is 5.41 Å². The van der Waals surface area contributed by atoms with Gasteiger partial charge in [0, 0.05) is 5.41 Å². The molecule has 258 valence electrons.